The number of rotatable bonds is 1. The summed E-state index contributed by atoms with van der Waals surface area (Å²) >= 11 is 5.12. The number of hydrogen-bond acceptors (Lipinski definition) is 2. The van der Waals surface area contributed by atoms with Crippen molar-refractivity contribution in [3.63, 3.8) is 0 Å². The molecule has 0 aliphatic heterocycles. The van der Waals surface area contributed by atoms with Crippen molar-refractivity contribution >= 4 is 27.7 Å². The molecule has 0 aliphatic carbocycles. The fourth-order valence-corrected chi connectivity index (χ4v) is 2.58. The van der Waals surface area contributed by atoms with Crippen molar-refractivity contribution in [1.29, 1.82) is 5.26 Å². The number of halogens is 1. The molecule has 0 fully saturated rings. The summed E-state index contributed by atoms with van der Waals surface area (Å²) in [6.45, 7) is 6.42. The molecular weight excluding hydrogens is 258 g/mol. The summed E-state index contributed by atoms with van der Waals surface area (Å²) in [7, 11) is 0. The molecule has 0 bridgehead atoms. The maximum Gasteiger partial charge on any atom is 0.100 e. The Labute approximate surface area is 97.6 Å². The molecule has 0 atom stereocenters. The molecule has 0 unspecified atom stereocenters. The Balaban J connectivity index is 3.07. The van der Waals surface area contributed by atoms with E-state index in [0.717, 1.165) is 14.9 Å². The van der Waals surface area contributed by atoms with Gasteiger partial charge in [0, 0.05) is 14.1 Å². The predicted octanol–water partition coefficient (Wildman–Crippen LogP) is 4.21. The number of thioether (sulfide) groups is 1. The van der Waals surface area contributed by atoms with Gasteiger partial charge in [-0.15, -0.1) is 11.8 Å². The Morgan fingerprint density at radius 1 is 1.36 bits per heavy atom. The van der Waals surface area contributed by atoms with Gasteiger partial charge in [0.25, 0.3) is 0 Å². The van der Waals surface area contributed by atoms with E-state index in [9.17, 15) is 0 Å². The van der Waals surface area contributed by atoms with Gasteiger partial charge in [0.15, 0.2) is 0 Å². The molecule has 0 radical (unpaired) electrons. The second-order valence-electron chi connectivity index (χ2n) is 3.97. The molecule has 0 heterocycles. The Bertz CT molecular complexity index is 374. The lowest BCUT2D eigenvalue weighted by molar-refractivity contribution is 0.802. The third-order valence-electron chi connectivity index (χ3n) is 1.48. The Morgan fingerprint density at radius 2 is 2.00 bits per heavy atom. The molecule has 3 heteroatoms. The minimum atomic E-state index is 0.131. The van der Waals surface area contributed by atoms with Crippen molar-refractivity contribution in [3.05, 3.63) is 28.2 Å². The van der Waals surface area contributed by atoms with Crippen LogP contribution in [0.3, 0.4) is 0 Å². The molecule has 0 aromatic heterocycles. The van der Waals surface area contributed by atoms with E-state index >= 15 is 0 Å². The van der Waals surface area contributed by atoms with Crippen LogP contribution in [0.15, 0.2) is 27.6 Å². The van der Waals surface area contributed by atoms with Crippen LogP contribution in [0, 0.1) is 11.3 Å². The first-order valence-electron chi connectivity index (χ1n) is 4.31. The minimum absolute atomic E-state index is 0.131. The van der Waals surface area contributed by atoms with Gasteiger partial charge < -0.3 is 0 Å². The lowest BCUT2D eigenvalue weighted by Gasteiger charge is -2.18. The monoisotopic (exact) mass is 269 g/mol. The normalized spacial score (nSPS) is 11.1. The van der Waals surface area contributed by atoms with E-state index in [2.05, 4.69) is 42.8 Å². The molecule has 74 valence electrons. The van der Waals surface area contributed by atoms with Crippen LogP contribution in [-0.4, -0.2) is 4.75 Å². The van der Waals surface area contributed by atoms with Crippen LogP contribution in [0.5, 0.6) is 0 Å². The molecule has 1 aromatic carbocycles. The van der Waals surface area contributed by atoms with Crippen LogP contribution in [0.25, 0.3) is 0 Å². The third-order valence-corrected chi connectivity index (χ3v) is 3.14. The topological polar surface area (TPSA) is 23.8 Å². The lowest BCUT2D eigenvalue weighted by atomic mass is 10.2. The van der Waals surface area contributed by atoms with Crippen LogP contribution in [0.2, 0.25) is 0 Å². The fourth-order valence-electron chi connectivity index (χ4n) is 1.00. The molecule has 0 saturated heterocycles. The largest absolute Gasteiger partial charge is 0.192 e. The first-order chi connectivity index (χ1) is 6.42. The second-order valence-corrected chi connectivity index (χ2v) is 6.75. The maximum atomic E-state index is 8.93. The van der Waals surface area contributed by atoms with Gasteiger partial charge in [0.05, 0.1) is 5.56 Å². The van der Waals surface area contributed by atoms with E-state index in [0.29, 0.717) is 0 Å². The molecular formula is C11H12BrNS. The van der Waals surface area contributed by atoms with Gasteiger partial charge >= 0.3 is 0 Å². The smallest absolute Gasteiger partial charge is 0.100 e. The SMILES string of the molecule is CC(C)(C)Sc1cc(Br)ccc1C#N. The zero-order valence-electron chi connectivity index (χ0n) is 8.47. The second kappa shape index (κ2) is 4.37. The van der Waals surface area contributed by atoms with Crippen molar-refractivity contribution in [2.24, 2.45) is 0 Å². The molecule has 1 aromatic rings. The molecule has 14 heavy (non-hydrogen) atoms. The van der Waals surface area contributed by atoms with E-state index in [1.165, 1.54) is 0 Å². The highest BCUT2D eigenvalue weighted by Gasteiger charge is 2.14. The summed E-state index contributed by atoms with van der Waals surface area (Å²) in [5, 5.41) is 8.93. The van der Waals surface area contributed by atoms with E-state index in [4.69, 9.17) is 5.26 Å². The zero-order valence-corrected chi connectivity index (χ0v) is 10.9. The van der Waals surface area contributed by atoms with E-state index < -0.39 is 0 Å². The van der Waals surface area contributed by atoms with Gasteiger partial charge in [-0.1, -0.05) is 36.7 Å². The van der Waals surface area contributed by atoms with E-state index in [1.807, 2.05) is 18.2 Å². The highest BCUT2D eigenvalue weighted by atomic mass is 79.9. The van der Waals surface area contributed by atoms with Gasteiger partial charge in [-0.25, -0.2) is 0 Å². The predicted molar refractivity (Wildman–Crippen MR) is 64.5 cm³/mol. The van der Waals surface area contributed by atoms with Crippen molar-refractivity contribution in [2.75, 3.05) is 0 Å². The summed E-state index contributed by atoms with van der Waals surface area (Å²) in [5.41, 5.74) is 0.744. The van der Waals surface area contributed by atoms with Gasteiger partial charge in [-0.3, -0.25) is 0 Å². The Morgan fingerprint density at radius 3 is 2.50 bits per heavy atom. The molecule has 0 N–H and O–H groups in total. The van der Waals surface area contributed by atoms with Crippen LogP contribution in [-0.2, 0) is 0 Å². The van der Waals surface area contributed by atoms with Crippen molar-refractivity contribution < 1.29 is 0 Å². The minimum Gasteiger partial charge on any atom is -0.192 e. The van der Waals surface area contributed by atoms with Crippen LogP contribution in [0.1, 0.15) is 26.3 Å². The first-order valence-corrected chi connectivity index (χ1v) is 5.92. The number of hydrogen-bond donors (Lipinski definition) is 0. The third kappa shape index (κ3) is 3.36. The molecule has 0 saturated carbocycles. The zero-order chi connectivity index (χ0) is 10.8. The van der Waals surface area contributed by atoms with E-state index in [-0.39, 0.29) is 4.75 Å². The van der Waals surface area contributed by atoms with Crippen LogP contribution < -0.4 is 0 Å². The lowest BCUT2D eigenvalue weighted by Crippen LogP contribution is -2.07. The number of benzene rings is 1. The molecule has 1 nitrogen and oxygen atoms in total. The van der Waals surface area contributed by atoms with Gasteiger partial charge in [0.2, 0.25) is 0 Å². The average Bonchev–Trinajstić information content (AvgIpc) is 2.01. The average molecular weight is 270 g/mol. The Kier molecular flexibility index (Phi) is 3.63. The molecule has 0 amide bonds. The maximum absolute atomic E-state index is 8.93. The van der Waals surface area contributed by atoms with E-state index in [1.54, 1.807) is 11.8 Å². The fraction of sp³-hybridized carbons (Fsp3) is 0.364. The number of nitrogens with zero attached hydrogens (tertiary/aromatic N) is 1. The summed E-state index contributed by atoms with van der Waals surface area (Å²) in [4.78, 5) is 1.04. The molecule has 0 spiro atoms. The summed E-state index contributed by atoms with van der Waals surface area (Å²) < 4.78 is 1.15. The quantitative estimate of drug-likeness (QED) is 0.714. The van der Waals surface area contributed by atoms with Crippen LogP contribution >= 0.6 is 27.7 Å². The van der Waals surface area contributed by atoms with Crippen molar-refractivity contribution in [2.45, 2.75) is 30.4 Å². The van der Waals surface area contributed by atoms with Crippen molar-refractivity contribution in [3.8, 4) is 6.07 Å². The standard InChI is InChI=1S/C11H12BrNS/c1-11(2,3)14-10-6-9(12)5-4-8(10)7-13/h4-6H,1-3H3. The van der Waals surface area contributed by atoms with Gasteiger partial charge in [0.1, 0.15) is 6.07 Å². The highest BCUT2D eigenvalue weighted by Crippen LogP contribution is 2.35. The van der Waals surface area contributed by atoms with Crippen LogP contribution in [0.4, 0.5) is 0 Å². The number of nitriles is 1. The van der Waals surface area contributed by atoms with Gasteiger partial charge in [-0.05, 0) is 18.2 Å². The summed E-state index contributed by atoms with van der Waals surface area (Å²) in [6, 6.07) is 7.94. The highest BCUT2D eigenvalue weighted by molar-refractivity contribution is 9.10. The summed E-state index contributed by atoms with van der Waals surface area (Å²) in [5.74, 6) is 0. The van der Waals surface area contributed by atoms with Gasteiger partial charge in [-0.2, -0.15) is 5.26 Å². The molecule has 0 aliphatic rings. The molecule has 1 rings (SSSR count). The van der Waals surface area contributed by atoms with Crippen molar-refractivity contribution in [1.82, 2.24) is 0 Å². The first kappa shape index (κ1) is 11.6. The summed E-state index contributed by atoms with van der Waals surface area (Å²) in [6.07, 6.45) is 0. The Hall–Kier alpha value is -0.460.